The summed E-state index contributed by atoms with van der Waals surface area (Å²) in [5.74, 6) is 2.40. The molecule has 11 heteroatoms. The first-order chi connectivity index (χ1) is 17.1. The topological polar surface area (TPSA) is 129 Å². The van der Waals surface area contributed by atoms with Gasteiger partial charge in [-0.1, -0.05) is 12.1 Å². The lowest BCUT2D eigenvalue weighted by atomic mass is 10.1. The van der Waals surface area contributed by atoms with Crippen LogP contribution in [0.1, 0.15) is 49.3 Å². The molecule has 0 spiro atoms. The van der Waals surface area contributed by atoms with Gasteiger partial charge in [-0.2, -0.15) is 5.26 Å². The molecule has 3 unspecified atom stereocenters. The molecule has 0 fully saturated rings. The van der Waals surface area contributed by atoms with Gasteiger partial charge in [0, 0.05) is 30.1 Å². The van der Waals surface area contributed by atoms with Gasteiger partial charge in [0.15, 0.2) is 5.69 Å². The third-order valence-corrected chi connectivity index (χ3v) is 7.31. The predicted octanol–water partition coefficient (Wildman–Crippen LogP) is 0.988. The summed E-state index contributed by atoms with van der Waals surface area (Å²) in [7, 11) is -2.57. The second-order valence-corrected chi connectivity index (χ2v) is 11.1. The summed E-state index contributed by atoms with van der Waals surface area (Å²) in [6, 6.07) is 12.4. The number of fused-ring (bicyclic) bond motifs is 1. The number of halogens is 1. The van der Waals surface area contributed by atoms with Crippen molar-refractivity contribution in [2.24, 2.45) is 0 Å². The molecule has 0 bridgehead atoms. The van der Waals surface area contributed by atoms with E-state index in [1.165, 1.54) is 18.4 Å². The highest BCUT2D eigenvalue weighted by Crippen LogP contribution is 2.26. The minimum absolute atomic E-state index is 0.000977. The number of nitrogens with one attached hydrogen (secondary N) is 3. The average molecular weight is 508 g/mol. The first-order valence-electron chi connectivity index (χ1n) is 11.0. The van der Waals surface area contributed by atoms with Crippen LogP contribution in [-0.4, -0.2) is 44.7 Å². The minimum atomic E-state index is -2.57. The highest BCUT2D eigenvalue weighted by Gasteiger charge is 2.38. The second-order valence-electron chi connectivity index (χ2n) is 8.63. The molecule has 4 rings (SSSR count). The van der Waals surface area contributed by atoms with E-state index in [1.807, 2.05) is 0 Å². The van der Waals surface area contributed by atoms with Gasteiger partial charge in [-0.3, -0.25) is 9.59 Å². The van der Waals surface area contributed by atoms with E-state index in [2.05, 4.69) is 32.5 Å². The highest BCUT2D eigenvalue weighted by atomic mass is 32.2. The summed E-state index contributed by atoms with van der Waals surface area (Å²) >= 11 is 0. The molecule has 1 aliphatic rings. The van der Waals surface area contributed by atoms with Crippen LogP contribution < -0.4 is 14.9 Å². The van der Waals surface area contributed by atoms with Crippen molar-refractivity contribution in [3.05, 3.63) is 88.3 Å². The number of nitriles is 1. The van der Waals surface area contributed by atoms with E-state index < -0.39 is 27.6 Å². The summed E-state index contributed by atoms with van der Waals surface area (Å²) in [5, 5.41) is 14.8. The maximum atomic E-state index is 13.5. The van der Waals surface area contributed by atoms with E-state index >= 15 is 0 Å². The Labute approximate surface area is 208 Å². The van der Waals surface area contributed by atoms with Crippen LogP contribution in [0.15, 0.2) is 48.8 Å². The Kier molecular flexibility index (Phi) is 6.83. The number of amides is 2. The Morgan fingerprint density at radius 2 is 1.92 bits per heavy atom. The van der Waals surface area contributed by atoms with Gasteiger partial charge in [0.1, 0.15) is 45.8 Å². The summed E-state index contributed by atoms with van der Waals surface area (Å²) in [6.45, 7) is 2.08. The number of carbonyl (C=O) groups excluding carboxylic acids is 2. The highest BCUT2D eigenvalue weighted by molar-refractivity contribution is 7.93. The van der Waals surface area contributed by atoms with Gasteiger partial charge < -0.3 is 10.6 Å². The fourth-order valence-electron chi connectivity index (χ4n) is 4.04. The van der Waals surface area contributed by atoms with E-state index in [-0.39, 0.29) is 30.3 Å². The zero-order valence-corrected chi connectivity index (χ0v) is 20.5. The lowest BCUT2D eigenvalue weighted by Crippen LogP contribution is -3.08. The maximum absolute atomic E-state index is 13.5. The third-order valence-electron chi connectivity index (χ3n) is 5.88. The number of hydrogen-bond acceptors (Lipinski definition) is 6. The summed E-state index contributed by atoms with van der Waals surface area (Å²) in [4.78, 5) is 33.5. The van der Waals surface area contributed by atoms with Gasteiger partial charge in [-0.15, -0.1) is 0 Å². The number of benzene rings is 2. The van der Waals surface area contributed by atoms with Crippen LogP contribution >= 0.6 is 0 Å². The van der Waals surface area contributed by atoms with Crippen molar-refractivity contribution in [1.29, 1.82) is 5.26 Å². The molecular weight excluding hydrogens is 483 g/mol. The normalized spacial score (nSPS) is 17.9. The number of rotatable bonds is 6. The Bertz CT molecular complexity index is 1520. The average Bonchev–Trinajstić information content (AvgIpc) is 3.22. The summed E-state index contributed by atoms with van der Waals surface area (Å²) in [6.07, 6.45) is 2.65. The molecule has 36 heavy (non-hydrogen) atoms. The predicted molar refractivity (Wildman–Crippen MR) is 132 cm³/mol. The van der Waals surface area contributed by atoms with Crippen LogP contribution in [0.3, 0.4) is 0 Å². The maximum Gasteiger partial charge on any atom is 0.270 e. The number of nitrogens with zero attached hydrogens (tertiary/aromatic N) is 3. The van der Waals surface area contributed by atoms with Crippen LogP contribution in [0.2, 0.25) is 0 Å². The third kappa shape index (κ3) is 5.25. The number of carbonyl (C=O) groups is 2. The number of quaternary nitrogens is 1. The molecule has 2 amide bonds. The molecule has 0 aliphatic carbocycles. The van der Waals surface area contributed by atoms with E-state index in [0.29, 0.717) is 21.1 Å². The van der Waals surface area contributed by atoms with Crippen LogP contribution in [-0.2, 0) is 16.3 Å². The van der Waals surface area contributed by atoms with Crippen molar-refractivity contribution in [3.63, 3.8) is 0 Å². The quantitative estimate of drug-likeness (QED) is 0.427. The zero-order valence-electron chi connectivity index (χ0n) is 19.7. The SMILES string of the molecule is C=S(C)(=O)[NH+]1CC(NC(=O)c2cc(C(=O)NCc3ccc(F)c(C)c3)ncn2)c2ccc(C#N)cc21. The lowest BCUT2D eigenvalue weighted by Gasteiger charge is -2.15. The molecule has 0 radical (unpaired) electrons. The number of hydrogen-bond donors (Lipinski definition) is 3. The Hall–Kier alpha value is -4.14. The fourth-order valence-corrected chi connectivity index (χ4v) is 5.20. The molecular formula is C25H24FN6O3S+. The second kappa shape index (κ2) is 9.85. The molecule has 0 saturated carbocycles. The first kappa shape index (κ1) is 25.0. The van der Waals surface area contributed by atoms with Crippen molar-refractivity contribution < 1.29 is 22.5 Å². The molecule has 1 aliphatic heterocycles. The molecule has 3 N–H and O–H groups in total. The van der Waals surface area contributed by atoms with E-state index in [1.54, 1.807) is 37.3 Å². The van der Waals surface area contributed by atoms with Crippen molar-refractivity contribution in [2.75, 3.05) is 12.8 Å². The van der Waals surface area contributed by atoms with Crippen LogP contribution in [0, 0.1) is 24.1 Å². The van der Waals surface area contributed by atoms with Crippen molar-refractivity contribution in [2.45, 2.75) is 19.5 Å². The van der Waals surface area contributed by atoms with Gasteiger partial charge >= 0.3 is 0 Å². The van der Waals surface area contributed by atoms with Gasteiger partial charge in [0.2, 0.25) is 0 Å². The van der Waals surface area contributed by atoms with Crippen LogP contribution in [0.4, 0.5) is 10.1 Å². The zero-order chi connectivity index (χ0) is 26.0. The van der Waals surface area contributed by atoms with Gasteiger partial charge in [0.05, 0.1) is 17.9 Å². The smallest absolute Gasteiger partial charge is 0.270 e. The molecule has 1 aromatic heterocycles. The lowest BCUT2D eigenvalue weighted by molar-refractivity contribution is -0.680. The van der Waals surface area contributed by atoms with Crippen molar-refractivity contribution >= 4 is 33.1 Å². The van der Waals surface area contributed by atoms with Crippen molar-refractivity contribution in [1.82, 2.24) is 20.6 Å². The first-order valence-corrected chi connectivity index (χ1v) is 13.1. The van der Waals surface area contributed by atoms with Gasteiger partial charge in [0.25, 0.3) is 11.8 Å². The fraction of sp³-hybridized carbons (Fsp3) is 0.200. The number of aryl methyl sites for hydroxylation is 1. The van der Waals surface area contributed by atoms with E-state index in [0.717, 1.165) is 17.5 Å². The van der Waals surface area contributed by atoms with Crippen LogP contribution in [0.25, 0.3) is 0 Å². The molecule has 0 saturated heterocycles. The Morgan fingerprint density at radius 1 is 1.19 bits per heavy atom. The van der Waals surface area contributed by atoms with E-state index in [9.17, 15) is 23.5 Å². The van der Waals surface area contributed by atoms with E-state index in [4.69, 9.17) is 0 Å². The Balaban J connectivity index is 1.49. The molecule has 3 atom stereocenters. The van der Waals surface area contributed by atoms with Crippen LogP contribution in [0.5, 0.6) is 0 Å². The monoisotopic (exact) mass is 507 g/mol. The number of aromatic nitrogens is 2. The molecule has 9 nitrogen and oxygen atoms in total. The summed E-state index contributed by atoms with van der Waals surface area (Å²) in [5.41, 5.74) is 2.99. The molecule has 2 heterocycles. The van der Waals surface area contributed by atoms with Crippen molar-refractivity contribution in [3.8, 4) is 6.07 Å². The summed E-state index contributed by atoms with van der Waals surface area (Å²) < 4.78 is 26.8. The molecule has 184 valence electrons. The minimum Gasteiger partial charge on any atom is -0.347 e. The van der Waals surface area contributed by atoms with Gasteiger partial charge in [-0.25, -0.2) is 22.9 Å². The molecule has 3 aromatic rings. The molecule has 2 aromatic carbocycles. The van der Waals surface area contributed by atoms with Gasteiger partial charge in [-0.05, 0) is 36.2 Å². The standard InChI is InChI=1S/C25H23FN6O3S/c1-15-8-17(5-7-19(15)26)12-28-24(33)20-10-21(30-14-29-20)25(34)31-22-13-32(36(2,3)35)23-9-16(11-27)4-6-18(22)23/h4-10,14,22H,2,12-13H2,1,3H3,(H,28,33)(H,31,34)/p+1. The largest absolute Gasteiger partial charge is 0.347 e. The Morgan fingerprint density at radius 3 is 2.58 bits per heavy atom.